The lowest BCUT2D eigenvalue weighted by molar-refractivity contribution is 0.0282. The van der Waals surface area contributed by atoms with Crippen LogP contribution in [0.15, 0.2) is 0 Å². The average molecular weight is 266 g/mol. The van der Waals surface area contributed by atoms with Gasteiger partial charge in [-0.1, -0.05) is 19.3 Å². The second-order valence-corrected chi connectivity index (χ2v) is 6.91. The smallest absolute Gasteiger partial charge is 0.0695 e. The van der Waals surface area contributed by atoms with E-state index in [1.165, 1.54) is 71.0 Å². The van der Waals surface area contributed by atoms with Crippen LogP contribution in [0.5, 0.6) is 0 Å². The minimum Gasteiger partial charge on any atom is -0.391 e. The van der Waals surface area contributed by atoms with Gasteiger partial charge in [0.2, 0.25) is 0 Å². The van der Waals surface area contributed by atoms with Crippen molar-refractivity contribution in [2.45, 2.75) is 76.0 Å². The van der Waals surface area contributed by atoms with E-state index in [0.29, 0.717) is 6.04 Å². The van der Waals surface area contributed by atoms with Gasteiger partial charge in [0.1, 0.15) is 0 Å². The van der Waals surface area contributed by atoms with E-state index < -0.39 is 0 Å². The molecule has 0 aromatic heterocycles. The van der Waals surface area contributed by atoms with Gasteiger partial charge in [-0.2, -0.15) is 0 Å². The highest BCUT2D eigenvalue weighted by atomic mass is 16.3. The zero-order valence-electron chi connectivity index (χ0n) is 12.2. The summed E-state index contributed by atoms with van der Waals surface area (Å²) in [6, 6.07) is 1.25. The van der Waals surface area contributed by atoms with Gasteiger partial charge in [-0.3, -0.25) is 4.90 Å². The van der Waals surface area contributed by atoms with Crippen LogP contribution in [-0.2, 0) is 0 Å². The van der Waals surface area contributed by atoms with Crippen LogP contribution in [0.25, 0.3) is 0 Å². The number of hydrogen-bond acceptors (Lipinski definition) is 3. The Balaban J connectivity index is 1.61. The van der Waals surface area contributed by atoms with Gasteiger partial charge in [0, 0.05) is 18.6 Å². The third-order valence-electron chi connectivity index (χ3n) is 5.25. The molecule has 2 saturated carbocycles. The van der Waals surface area contributed by atoms with Gasteiger partial charge in [0.15, 0.2) is 0 Å². The minimum atomic E-state index is -0.0698. The highest BCUT2D eigenvalue weighted by Crippen LogP contribution is 2.34. The number of nitrogens with zero attached hydrogens (tertiary/aromatic N) is 1. The van der Waals surface area contributed by atoms with Crippen molar-refractivity contribution in [2.24, 2.45) is 5.92 Å². The Morgan fingerprint density at radius 3 is 2.53 bits per heavy atom. The molecule has 0 spiro atoms. The Morgan fingerprint density at radius 1 is 0.947 bits per heavy atom. The van der Waals surface area contributed by atoms with Crippen molar-refractivity contribution in [1.29, 1.82) is 0 Å². The molecule has 3 rings (SSSR count). The number of hydrogen-bond donors (Lipinski definition) is 2. The van der Waals surface area contributed by atoms with Crippen LogP contribution in [0.4, 0.5) is 0 Å². The first-order valence-corrected chi connectivity index (χ1v) is 8.49. The molecule has 3 heteroatoms. The molecule has 19 heavy (non-hydrogen) atoms. The van der Waals surface area contributed by atoms with Crippen LogP contribution in [0.2, 0.25) is 0 Å². The molecule has 1 aliphatic heterocycles. The summed E-state index contributed by atoms with van der Waals surface area (Å²) >= 11 is 0. The Kier molecular flexibility index (Phi) is 4.78. The molecule has 2 N–H and O–H groups in total. The van der Waals surface area contributed by atoms with E-state index in [1.54, 1.807) is 0 Å². The molecule has 0 amide bonds. The summed E-state index contributed by atoms with van der Waals surface area (Å²) in [5.41, 5.74) is 0. The van der Waals surface area contributed by atoms with E-state index in [2.05, 4.69) is 10.2 Å². The largest absolute Gasteiger partial charge is 0.391 e. The fraction of sp³-hybridized carbons (Fsp3) is 1.00. The van der Waals surface area contributed by atoms with E-state index >= 15 is 0 Å². The number of rotatable bonds is 4. The zero-order chi connectivity index (χ0) is 13.1. The molecule has 3 fully saturated rings. The summed E-state index contributed by atoms with van der Waals surface area (Å²) in [7, 11) is 0. The van der Waals surface area contributed by atoms with E-state index in [9.17, 15) is 5.11 Å². The van der Waals surface area contributed by atoms with Crippen LogP contribution >= 0.6 is 0 Å². The Bertz CT molecular complexity index is 274. The second-order valence-electron chi connectivity index (χ2n) is 6.91. The SMILES string of the molecule is OC1CCCCCC1N(CC1CCCNC1)C1CC1. The van der Waals surface area contributed by atoms with Crippen LogP contribution < -0.4 is 5.32 Å². The molecule has 1 saturated heterocycles. The number of nitrogens with one attached hydrogen (secondary N) is 1. The summed E-state index contributed by atoms with van der Waals surface area (Å²) in [5.74, 6) is 0.810. The standard InChI is InChI=1S/C16H30N2O/c19-16-7-3-1-2-6-15(16)18(14-8-9-14)12-13-5-4-10-17-11-13/h13-17,19H,1-12H2. The van der Waals surface area contributed by atoms with Gasteiger partial charge >= 0.3 is 0 Å². The molecule has 0 bridgehead atoms. The topological polar surface area (TPSA) is 35.5 Å². The maximum absolute atomic E-state index is 10.5. The van der Waals surface area contributed by atoms with Crippen molar-refractivity contribution in [2.75, 3.05) is 19.6 Å². The Labute approximate surface area is 117 Å². The van der Waals surface area contributed by atoms with E-state index in [-0.39, 0.29) is 6.10 Å². The second kappa shape index (κ2) is 6.55. The molecule has 0 aromatic carbocycles. The van der Waals surface area contributed by atoms with Crippen molar-refractivity contribution in [3.8, 4) is 0 Å². The third kappa shape index (κ3) is 3.71. The molecule has 2 aliphatic carbocycles. The average Bonchev–Trinajstić information content (AvgIpc) is 3.26. The van der Waals surface area contributed by atoms with Crippen LogP contribution in [0, 0.1) is 5.92 Å². The number of aliphatic hydroxyl groups is 1. The quantitative estimate of drug-likeness (QED) is 0.765. The van der Waals surface area contributed by atoms with Gasteiger partial charge in [-0.15, -0.1) is 0 Å². The van der Waals surface area contributed by atoms with Crippen LogP contribution in [-0.4, -0.2) is 47.8 Å². The van der Waals surface area contributed by atoms with Gasteiger partial charge in [0.25, 0.3) is 0 Å². The van der Waals surface area contributed by atoms with Gasteiger partial charge in [-0.25, -0.2) is 0 Å². The van der Waals surface area contributed by atoms with Crippen molar-refractivity contribution in [3.05, 3.63) is 0 Å². The normalized spacial score (nSPS) is 37.3. The molecular formula is C16H30N2O. The maximum atomic E-state index is 10.5. The fourth-order valence-electron chi connectivity index (χ4n) is 3.99. The van der Waals surface area contributed by atoms with Crippen LogP contribution in [0.3, 0.4) is 0 Å². The first-order valence-electron chi connectivity index (χ1n) is 8.49. The van der Waals surface area contributed by atoms with Crippen molar-refractivity contribution in [3.63, 3.8) is 0 Å². The lowest BCUT2D eigenvalue weighted by Crippen LogP contribution is -2.48. The van der Waals surface area contributed by atoms with Gasteiger partial charge < -0.3 is 10.4 Å². The van der Waals surface area contributed by atoms with E-state index in [4.69, 9.17) is 0 Å². The fourth-order valence-corrected chi connectivity index (χ4v) is 3.99. The molecule has 3 atom stereocenters. The zero-order valence-corrected chi connectivity index (χ0v) is 12.2. The first-order chi connectivity index (χ1) is 9.34. The molecule has 3 unspecified atom stereocenters. The predicted octanol–water partition coefficient (Wildman–Crippen LogP) is 2.14. The van der Waals surface area contributed by atoms with Gasteiger partial charge in [0.05, 0.1) is 6.10 Å². The summed E-state index contributed by atoms with van der Waals surface area (Å²) in [5, 5.41) is 14.0. The third-order valence-corrected chi connectivity index (χ3v) is 5.25. The molecule has 110 valence electrons. The minimum absolute atomic E-state index is 0.0698. The summed E-state index contributed by atoms with van der Waals surface area (Å²) in [4.78, 5) is 2.70. The molecule has 3 nitrogen and oxygen atoms in total. The highest BCUT2D eigenvalue weighted by molar-refractivity contribution is 4.93. The summed E-state index contributed by atoms with van der Waals surface area (Å²) in [6.07, 6.45) is 11.5. The predicted molar refractivity (Wildman–Crippen MR) is 78.2 cm³/mol. The number of piperidine rings is 1. The lowest BCUT2D eigenvalue weighted by atomic mass is 9.96. The van der Waals surface area contributed by atoms with Crippen LogP contribution in [0.1, 0.15) is 57.8 Å². The first kappa shape index (κ1) is 13.8. The van der Waals surface area contributed by atoms with Crippen molar-refractivity contribution >= 4 is 0 Å². The molecule has 0 radical (unpaired) electrons. The van der Waals surface area contributed by atoms with Gasteiger partial charge in [-0.05, 0) is 57.5 Å². The molecule has 3 aliphatic rings. The lowest BCUT2D eigenvalue weighted by Gasteiger charge is -2.37. The highest BCUT2D eigenvalue weighted by Gasteiger charge is 2.38. The molecular weight excluding hydrogens is 236 g/mol. The van der Waals surface area contributed by atoms with Crippen molar-refractivity contribution in [1.82, 2.24) is 10.2 Å². The number of aliphatic hydroxyl groups excluding tert-OH is 1. The van der Waals surface area contributed by atoms with E-state index in [0.717, 1.165) is 18.4 Å². The maximum Gasteiger partial charge on any atom is 0.0695 e. The molecule has 0 aromatic rings. The molecule has 1 heterocycles. The summed E-state index contributed by atoms with van der Waals surface area (Å²) < 4.78 is 0. The summed E-state index contributed by atoms with van der Waals surface area (Å²) in [6.45, 7) is 3.61. The Hall–Kier alpha value is -0.120. The van der Waals surface area contributed by atoms with Crippen molar-refractivity contribution < 1.29 is 5.11 Å². The Morgan fingerprint density at radius 2 is 1.79 bits per heavy atom. The monoisotopic (exact) mass is 266 g/mol. The van der Waals surface area contributed by atoms with E-state index in [1.807, 2.05) is 0 Å².